The zero-order chi connectivity index (χ0) is 23.4. The van der Waals surface area contributed by atoms with E-state index in [1.807, 2.05) is 12.1 Å². The van der Waals surface area contributed by atoms with Gasteiger partial charge in [-0.1, -0.05) is 35.3 Å². The predicted molar refractivity (Wildman–Crippen MR) is 133 cm³/mol. The molecule has 0 saturated carbocycles. The molecule has 1 fully saturated rings. The highest BCUT2D eigenvalue weighted by Gasteiger charge is 2.16. The maximum Gasteiger partial charge on any atom is 0.261 e. The molecule has 0 atom stereocenters. The standard InChI is InChI=1S/C24H23Cl2N3O3S/c25-19-13-20(26)15-22(14-19)28-33(31,32)23-9-7-21(8-10-23)27-24(30)18-5-3-17(4-6-18)16-29-11-1-2-12-29/h3-10,13-15,28H,1-2,11-12,16H2,(H,27,30). The van der Waals surface area contributed by atoms with Crippen molar-refractivity contribution in [1.82, 2.24) is 4.90 Å². The molecule has 2 N–H and O–H groups in total. The average molecular weight is 504 g/mol. The molecule has 9 heteroatoms. The van der Waals surface area contributed by atoms with Crippen LogP contribution in [-0.4, -0.2) is 32.3 Å². The van der Waals surface area contributed by atoms with E-state index >= 15 is 0 Å². The second kappa shape index (κ2) is 10.1. The summed E-state index contributed by atoms with van der Waals surface area (Å²) in [4.78, 5) is 15.0. The molecule has 1 aliphatic rings. The molecule has 1 heterocycles. The van der Waals surface area contributed by atoms with Gasteiger partial charge in [0, 0.05) is 27.8 Å². The van der Waals surface area contributed by atoms with Crippen LogP contribution in [0.3, 0.4) is 0 Å². The first-order chi connectivity index (χ1) is 15.8. The maximum atomic E-state index is 12.6. The first-order valence-electron chi connectivity index (χ1n) is 10.5. The highest BCUT2D eigenvalue weighted by atomic mass is 35.5. The molecule has 6 nitrogen and oxygen atoms in total. The summed E-state index contributed by atoms with van der Waals surface area (Å²) in [6.45, 7) is 3.14. The molecule has 0 aliphatic carbocycles. The summed E-state index contributed by atoms with van der Waals surface area (Å²) in [6.07, 6.45) is 2.48. The Kier molecular flexibility index (Phi) is 7.24. The lowest BCUT2D eigenvalue weighted by molar-refractivity contribution is 0.102. The third kappa shape index (κ3) is 6.26. The van der Waals surface area contributed by atoms with Gasteiger partial charge >= 0.3 is 0 Å². The summed E-state index contributed by atoms with van der Waals surface area (Å²) in [6, 6.07) is 17.9. The Morgan fingerprint density at radius 3 is 2.06 bits per heavy atom. The number of carbonyl (C=O) groups excluding carboxylic acids is 1. The van der Waals surface area contributed by atoms with Crippen LogP contribution in [-0.2, 0) is 16.6 Å². The van der Waals surface area contributed by atoms with E-state index in [0.717, 1.165) is 19.6 Å². The van der Waals surface area contributed by atoms with Gasteiger partial charge in [0.2, 0.25) is 0 Å². The van der Waals surface area contributed by atoms with Gasteiger partial charge in [0.25, 0.3) is 15.9 Å². The van der Waals surface area contributed by atoms with Gasteiger partial charge in [-0.05, 0) is 86.1 Å². The molecule has 3 aromatic carbocycles. The van der Waals surface area contributed by atoms with Crippen LogP contribution in [0.4, 0.5) is 11.4 Å². The van der Waals surface area contributed by atoms with E-state index < -0.39 is 10.0 Å². The fourth-order valence-corrected chi connectivity index (χ4v) is 5.27. The van der Waals surface area contributed by atoms with Crippen LogP contribution < -0.4 is 10.0 Å². The smallest absolute Gasteiger partial charge is 0.261 e. The minimum Gasteiger partial charge on any atom is -0.322 e. The summed E-state index contributed by atoms with van der Waals surface area (Å²) in [5.74, 6) is -0.259. The fraction of sp³-hybridized carbons (Fsp3) is 0.208. The largest absolute Gasteiger partial charge is 0.322 e. The summed E-state index contributed by atoms with van der Waals surface area (Å²) < 4.78 is 27.7. The Bertz CT molecular complexity index is 1220. The minimum absolute atomic E-state index is 0.0443. The van der Waals surface area contributed by atoms with Crippen molar-refractivity contribution in [3.63, 3.8) is 0 Å². The van der Waals surface area contributed by atoms with Crippen LogP contribution in [0.2, 0.25) is 10.0 Å². The number of anilines is 2. The quantitative estimate of drug-likeness (QED) is 0.437. The van der Waals surface area contributed by atoms with E-state index in [1.165, 1.54) is 48.7 Å². The molecule has 1 aliphatic heterocycles. The summed E-state index contributed by atoms with van der Waals surface area (Å²) in [7, 11) is -3.84. The van der Waals surface area contributed by atoms with Crippen LogP contribution in [0.15, 0.2) is 71.6 Å². The van der Waals surface area contributed by atoms with Gasteiger partial charge in [0.15, 0.2) is 0 Å². The van der Waals surface area contributed by atoms with Gasteiger partial charge in [-0.25, -0.2) is 8.42 Å². The van der Waals surface area contributed by atoms with Crippen molar-refractivity contribution in [1.29, 1.82) is 0 Å². The minimum atomic E-state index is -3.84. The van der Waals surface area contributed by atoms with Gasteiger partial charge in [0.05, 0.1) is 10.6 Å². The van der Waals surface area contributed by atoms with Crippen LogP contribution in [0.1, 0.15) is 28.8 Å². The second-order valence-electron chi connectivity index (χ2n) is 7.92. The lowest BCUT2D eigenvalue weighted by atomic mass is 10.1. The van der Waals surface area contributed by atoms with Gasteiger partial charge in [-0.2, -0.15) is 0 Å². The normalized spacial score (nSPS) is 14.2. The number of likely N-dealkylation sites (tertiary alicyclic amines) is 1. The summed E-state index contributed by atoms with van der Waals surface area (Å²) in [5, 5.41) is 3.44. The second-order valence-corrected chi connectivity index (χ2v) is 10.5. The van der Waals surface area contributed by atoms with E-state index in [0.29, 0.717) is 21.3 Å². The third-order valence-corrected chi connectivity index (χ3v) is 7.19. The first-order valence-corrected chi connectivity index (χ1v) is 12.7. The van der Waals surface area contributed by atoms with Crippen molar-refractivity contribution in [2.45, 2.75) is 24.3 Å². The molecular formula is C24H23Cl2N3O3S. The molecule has 1 amide bonds. The highest BCUT2D eigenvalue weighted by molar-refractivity contribution is 7.92. The molecule has 33 heavy (non-hydrogen) atoms. The molecule has 4 rings (SSSR count). The van der Waals surface area contributed by atoms with Gasteiger partial charge < -0.3 is 5.32 Å². The monoisotopic (exact) mass is 503 g/mol. The Hall–Kier alpha value is -2.58. The third-order valence-electron chi connectivity index (χ3n) is 5.36. The zero-order valence-corrected chi connectivity index (χ0v) is 20.1. The van der Waals surface area contributed by atoms with Crippen LogP contribution in [0, 0.1) is 0 Å². The number of hydrogen-bond acceptors (Lipinski definition) is 4. The topological polar surface area (TPSA) is 78.5 Å². The Balaban J connectivity index is 1.38. The zero-order valence-electron chi connectivity index (χ0n) is 17.7. The molecule has 0 radical (unpaired) electrons. The lowest BCUT2D eigenvalue weighted by Gasteiger charge is -2.14. The Morgan fingerprint density at radius 1 is 0.848 bits per heavy atom. The number of benzene rings is 3. The maximum absolute atomic E-state index is 12.6. The number of sulfonamides is 1. The predicted octanol–water partition coefficient (Wildman–Crippen LogP) is 5.64. The van der Waals surface area contributed by atoms with Gasteiger partial charge in [-0.15, -0.1) is 0 Å². The number of carbonyl (C=O) groups is 1. The molecule has 0 aromatic heterocycles. The molecule has 3 aromatic rings. The first kappa shape index (κ1) is 23.6. The van der Waals surface area contributed by atoms with E-state index in [1.54, 1.807) is 24.3 Å². The van der Waals surface area contributed by atoms with E-state index in [-0.39, 0.29) is 16.5 Å². The van der Waals surface area contributed by atoms with Gasteiger partial charge in [-0.3, -0.25) is 14.4 Å². The Morgan fingerprint density at radius 2 is 1.45 bits per heavy atom. The number of hydrogen-bond donors (Lipinski definition) is 2. The molecule has 0 spiro atoms. The van der Waals surface area contributed by atoms with Crippen molar-refractivity contribution in [3.05, 3.63) is 87.9 Å². The summed E-state index contributed by atoms with van der Waals surface area (Å²) in [5.41, 5.74) is 2.47. The van der Waals surface area contributed by atoms with Crippen molar-refractivity contribution in [3.8, 4) is 0 Å². The fourth-order valence-electron chi connectivity index (χ4n) is 3.71. The number of amides is 1. The number of rotatable bonds is 7. The van der Waals surface area contributed by atoms with Crippen LogP contribution in [0.5, 0.6) is 0 Å². The molecule has 0 bridgehead atoms. The molecule has 0 unspecified atom stereocenters. The van der Waals surface area contributed by atoms with E-state index in [9.17, 15) is 13.2 Å². The SMILES string of the molecule is O=C(Nc1ccc(S(=O)(=O)Nc2cc(Cl)cc(Cl)c2)cc1)c1ccc(CN2CCCC2)cc1. The van der Waals surface area contributed by atoms with Crippen molar-refractivity contribution < 1.29 is 13.2 Å². The molecular weight excluding hydrogens is 481 g/mol. The number of nitrogens with one attached hydrogen (secondary N) is 2. The van der Waals surface area contributed by atoms with Crippen molar-refractivity contribution in [2.75, 3.05) is 23.1 Å². The molecule has 172 valence electrons. The van der Waals surface area contributed by atoms with E-state index in [4.69, 9.17) is 23.2 Å². The van der Waals surface area contributed by atoms with Crippen LogP contribution in [0.25, 0.3) is 0 Å². The average Bonchev–Trinajstić information content (AvgIpc) is 3.26. The summed E-state index contributed by atoms with van der Waals surface area (Å²) >= 11 is 11.9. The number of nitrogens with zero attached hydrogens (tertiary/aromatic N) is 1. The van der Waals surface area contributed by atoms with Gasteiger partial charge in [0.1, 0.15) is 0 Å². The van der Waals surface area contributed by atoms with Crippen LogP contribution >= 0.6 is 23.2 Å². The lowest BCUT2D eigenvalue weighted by Crippen LogP contribution is -2.18. The molecule has 1 saturated heterocycles. The van der Waals surface area contributed by atoms with Crippen molar-refractivity contribution in [2.24, 2.45) is 0 Å². The highest BCUT2D eigenvalue weighted by Crippen LogP contribution is 2.25. The van der Waals surface area contributed by atoms with Crippen molar-refractivity contribution >= 4 is 50.5 Å². The Labute approximate surface area is 203 Å². The van der Waals surface area contributed by atoms with E-state index in [2.05, 4.69) is 14.9 Å². The number of halogens is 2.